The predicted octanol–water partition coefficient (Wildman–Crippen LogP) is 1.42. The minimum Gasteiger partial charge on any atom is -0.310 e. The molecule has 0 unspecified atom stereocenters. The van der Waals surface area contributed by atoms with Gasteiger partial charge in [-0.05, 0) is 49.6 Å². The summed E-state index contributed by atoms with van der Waals surface area (Å²) in [5, 5.41) is 4.93. The number of rotatable bonds is 5. The van der Waals surface area contributed by atoms with Gasteiger partial charge in [0.1, 0.15) is 11.9 Å². The predicted molar refractivity (Wildman–Crippen MR) is 99.3 cm³/mol. The van der Waals surface area contributed by atoms with Crippen molar-refractivity contribution in [3.8, 4) is 0 Å². The minimum absolute atomic E-state index is 0.0242. The van der Waals surface area contributed by atoms with Crippen LogP contribution in [0.5, 0.6) is 0 Å². The number of hydrogen-bond donors (Lipinski definition) is 2. The molecule has 28 heavy (non-hydrogen) atoms. The average Bonchev–Trinajstić information content (AvgIpc) is 2.79. The summed E-state index contributed by atoms with van der Waals surface area (Å²) >= 11 is 0. The second-order valence-corrected chi connectivity index (χ2v) is 8.82. The quantitative estimate of drug-likeness (QED) is 0.755. The fourth-order valence-corrected chi connectivity index (χ4v) is 4.42. The highest BCUT2D eigenvalue weighted by molar-refractivity contribution is 7.89. The molecule has 2 rings (SSSR count). The van der Waals surface area contributed by atoms with Crippen LogP contribution in [0.15, 0.2) is 29.2 Å². The molecule has 1 saturated heterocycles. The van der Waals surface area contributed by atoms with E-state index in [4.69, 9.17) is 0 Å². The molecular formula is C18H24FN3O5S. The number of Topliss-reactive ketones (excluding diaryl/α,β-unsaturated/α-hetero) is 1. The van der Waals surface area contributed by atoms with Gasteiger partial charge in [-0.15, -0.1) is 0 Å². The van der Waals surface area contributed by atoms with E-state index in [1.807, 2.05) is 0 Å². The second-order valence-electron chi connectivity index (χ2n) is 7.01. The van der Waals surface area contributed by atoms with Crippen molar-refractivity contribution in [2.45, 2.75) is 44.0 Å². The number of nitrogens with zero attached hydrogens (tertiary/aromatic N) is 1. The van der Waals surface area contributed by atoms with Gasteiger partial charge in [-0.3, -0.25) is 14.9 Å². The lowest BCUT2D eigenvalue weighted by atomic mass is 10.1. The maximum atomic E-state index is 13.2. The molecule has 3 amide bonds. The van der Waals surface area contributed by atoms with E-state index in [2.05, 4.69) is 10.6 Å². The van der Waals surface area contributed by atoms with Gasteiger partial charge >= 0.3 is 6.03 Å². The van der Waals surface area contributed by atoms with Crippen molar-refractivity contribution >= 4 is 27.7 Å². The fraction of sp³-hybridized carbons (Fsp3) is 0.500. The lowest BCUT2D eigenvalue weighted by molar-refractivity contribution is -0.122. The van der Waals surface area contributed by atoms with Crippen LogP contribution in [0.1, 0.15) is 33.1 Å². The Morgan fingerprint density at radius 1 is 1.29 bits per heavy atom. The number of sulfonamides is 1. The van der Waals surface area contributed by atoms with Gasteiger partial charge in [-0.2, -0.15) is 0 Å². The van der Waals surface area contributed by atoms with E-state index in [9.17, 15) is 27.2 Å². The summed E-state index contributed by atoms with van der Waals surface area (Å²) in [6.45, 7) is 3.96. The highest BCUT2D eigenvalue weighted by atomic mass is 32.2. The molecule has 0 radical (unpaired) electrons. The van der Waals surface area contributed by atoms with E-state index < -0.39 is 39.6 Å². The van der Waals surface area contributed by atoms with Crippen LogP contribution in [0.25, 0.3) is 0 Å². The number of ketones is 1. The molecule has 1 aliphatic rings. The van der Waals surface area contributed by atoms with Crippen LogP contribution >= 0.6 is 0 Å². The van der Waals surface area contributed by atoms with Gasteiger partial charge in [0, 0.05) is 6.42 Å². The van der Waals surface area contributed by atoms with Crippen molar-refractivity contribution in [1.29, 1.82) is 0 Å². The maximum Gasteiger partial charge on any atom is 0.338 e. The smallest absolute Gasteiger partial charge is 0.310 e. The van der Waals surface area contributed by atoms with Crippen LogP contribution in [-0.2, 0) is 19.6 Å². The third-order valence-corrected chi connectivity index (χ3v) is 6.00. The van der Waals surface area contributed by atoms with Crippen molar-refractivity contribution in [3.05, 3.63) is 30.1 Å². The Labute approximate surface area is 163 Å². The van der Waals surface area contributed by atoms with E-state index in [0.29, 0.717) is 17.3 Å². The van der Waals surface area contributed by atoms with Gasteiger partial charge in [0.25, 0.3) is 10.0 Å². The molecule has 1 heterocycles. The SMILES string of the molecule is CC(C)CC(=O)NC(=O)N([C@H]1CCCNCC1=O)S(=O)(=O)c1ccc(F)cc1. The van der Waals surface area contributed by atoms with Crippen molar-refractivity contribution in [3.63, 3.8) is 0 Å². The topological polar surface area (TPSA) is 113 Å². The summed E-state index contributed by atoms with van der Waals surface area (Å²) < 4.78 is 39.8. The number of imide groups is 1. The molecule has 154 valence electrons. The zero-order valence-electron chi connectivity index (χ0n) is 15.8. The molecule has 10 heteroatoms. The molecule has 0 saturated carbocycles. The van der Waals surface area contributed by atoms with E-state index >= 15 is 0 Å². The van der Waals surface area contributed by atoms with E-state index in [0.717, 1.165) is 24.3 Å². The standard InChI is InChI=1S/C18H24FN3O5S/c1-12(2)10-17(24)21-18(25)22(15-4-3-9-20-11-16(15)23)28(26,27)14-7-5-13(19)6-8-14/h5-8,12,15,20H,3-4,9-11H2,1-2H3,(H,21,24,25)/t15-/m0/s1. The van der Waals surface area contributed by atoms with Gasteiger partial charge in [-0.25, -0.2) is 21.9 Å². The number of carbonyl (C=O) groups excluding carboxylic acids is 3. The Morgan fingerprint density at radius 3 is 2.54 bits per heavy atom. The van der Waals surface area contributed by atoms with Gasteiger partial charge in [0.15, 0.2) is 5.78 Å². The Bertz CT molecular complexity index is 839. The molecule has 1 fully saturated rings. The lowest BCUT2D eigenvalue weighted by Crippen LogP contribution is -2.54. The lowest BCUT2D eigenvalue weighted by Gasteiger charge is -2.29. The maximum absolute atomic E-state index is 13.2. The van der Waals surface area contributed by atoms with Gasteiger partial charge in [-0.1, -0.05) is 13.8 Å². The first-order valence-electron chi connectivity index (χ1n) is 9.00. The van der Waals surface area contributed by atoms with Crippen LogP contribution in [0, 0.1) is 11.7 Å². The number of amides is 3. The fourth-order valence-electron chi connectivity index (χ4n) is 2.89. The normalized spacial score (nSPS) is 17.9. The third kappa shape index (κ3) is 5.35. The summed E-state index contributed by atoms with van der Waals surface area (Å²) in [6.07, 6.45) is 0.619. The largest absolute Gasteiger partial charge is 0.338 e. The molecule has 0 aliphatic carbocycles. The van der Waals surface area contributed by atoms with Crippen molar-refractivity contribution in [2.75, 3.05) is 13.1 Å². The summed E-state index contributed by atoms with van der Waals surface area (Å²) in [7, 11) is -4.49. The Hall–Kier alpha value is -2.33. The summed E-state index contributed by atoms with van der Waals surface area (Å²) in [5.41, 5.74) is 0. The van der Waals surface area contributed by atoms with Crippen molar-refractivity contribution < 1.29 is 27.2 Å². The third-order valence-electron chi connectivity index (χ3n) is 4.20. The van der Waals surface area contributed by atoms with Crippen molar-refractivity contribution in [1.82, 2.24) is 14.9 Å². The Kier molecular flexibility index (Phi) is 7.25. The molecule has 1 atom stereocenters. The number of carbonyl (C=O) groups is 3. The van der Waals surface area contributed by atoms with Crippen LogP contribution < -0.4 is 10.6 Å². The number of hydrogen-bond acceptors (Lipinski definition) is 6. The molecule has 0 spiro atoms. The second kappa shape index (κ2) is 9.24. The molecule has 0 bridgehead atoms. The van der Waals surface area contributed by atoms with Crippen LogP contribution in [0.2, 0.25) is 0 Å². The molecule has 0 aromatic heterocycles. The van der Waals surface area contributed by atoms with Crippen LogP contribution in [-0.4, -0.2) is 49.6 Å². The molecule has 1 aromatic carbocycles. The Morgan fingerprint density at radius 2 is 1.93 bits per heavy atom. The van der Waals surface area contributed by atoms with Crippen LogP contribution in [0.3, 0.4) is 0 Å². The average molecular weight is 413 g/mol. The highest BCUT2D eigenvalue weighted by Gasteiger charge is 2.40. The zero-order valence-corrected chi connectivity index (χ0v) is 16.6. The van der Waals surface area contributed by atoms with Crippen LogP contribution in [0.4, 0.5) is 9.18 Å². The summed E-state index contributed by atoms with van der Waals surface area (Å²) in [6, 6.07) is 1.49. The monoisotopic (exact) mass is 413 g/mol. The number of benzene rings is 1. The minimum atomic E-state index is -4.49. The summed E-state index contributed by atoms with van der Waals surface area (Å²) in [5.74, 6) is -1.80. The van der Waals surface area contributed by atoms with E-state index in [-0.39, 0.29) is 30.2 Å². The first-order valence-corrected chi connectivity index (χ1v) is 10.4. The van der Waals surface area contributed by atoms with Gasteiger partial charge < -0.3 is 5.32 Å². The van der Waals surface area contributed by atoms with E-state index in [1.54, 1.807) is 13.8 Å². The number of halogens is 1. The van der Waals surface area contributed by atoms with Gasteiger partial charge in [0.2, 0.25) is 5.91 Å². The molecule has 2 N–H and O–H groups in total. The number of nitrogens with one attached hydrogen (secondary N) is 2. The first kappa shape index (κ1) is 22.0. The molecule has 8 nitrogen and oxygen atoms in total. The highest BCUT2D eigenvalue weighted by Crippen LogP contribution is 2.23. The number of urea groups is 1. The molecule has 1 aromatic rings. The molecule has 1 aliphatic heterocycles. The van der Waals surface area contributed by atoms with Crippen molar-refractivity contribution in [2.24, 2.45) is 5.92 Å². The molecular weight excluding hydrogens is 389 g/mol. The van der Waals surface area contributed by atoms with Gasteiger partial charge in [0.05, 0.1) is 11.4 Å². The zero-order chi connectivity index (χ0) is 20.9. The van der Waals surface area contributed by atoms with E-state index in [1.165, 1.54) is 0 Å². The first-order chi connectivity index (χ1) is 13.1. The Balaban J connectivity index is 2.42. The summed E-state index contributed by atoms with van der Waals surface area (Å²) in [4.78, 5) is 36.9.